The molecule has 1 fully saturated rings. The molecule has 1 aromatic rings. The Hall–Kier alpha value is -1.55. The minimum absolute atomic E-state index is 0.0621. The molecule has 0 radical (unpaired) electrons. The van der Waals surface area contributed by atoms with Crippen LogP contribution < -0.4 is 11.1 Å². The topological polar surface area (TPSA) is 58.4 Å². The zero-order chi connectivity index (χ0) is 14.4. The second-order valence-corrected chi connectivity index (χ2v) is 5.49. The predicted molar refractivity (Wildman–Crippen MR) is 83.6 cm³/mol. The maximum Gasteiger partial charge on any atom is 0.225 e. The number of rotatable bonds is 6. The van der Waals surface area contributed by atoms with Gasteiger partial charge in [-0.3, -0.25) is 4.79 Å². The molecule has 0 spiro atoms. The lowest BCUT2D eigenvalue weighted by Crippen LogP contribution is -2.35. The zero-order valence-corrected chi connectivity index (χ0v) is 12.3. The van der Waals surface area contributed by atoms with Gasteiger partial charge in [0.15, 0.2) is 0 Å². The lowest BCUT2D eigenvalue weighted by Gasteiger charge is -2.27. The standard InChI is InChI=1S/C16H25N3O/c1-2-19(15-8-3-4-9-15)11-10-16(20)18-14-7-5-6-13(17)12-14/h5-7,12,15H,2-4,8-11,17H2,1H3,(H,18,20). The highest BCUT2D eigenvalue weighted by molar-refractivity contribution is 5.91. The summed E-state index contributed by atoms with van der Waals surface area (Å²) in [6, 6.07) is 7.99. The zero-order valence-electron chi connectivity index (χ0n) is 12.3. The van der Waals surface area contributed by atoms with Gasteiger partial charge in [-0.1, -0.05) is 25.8 Å². The van der Waals surface area contributed by atoms with Crippen LogP contribution in [0.2, 0.25) is 0 Å². The molecule has 0 bridgehead atoms. The summed E-state index contributed by atoms with van der Waals surface area (Å²) in [5, 5.41) is 2.91. The summed E-state index contributed by atoms with van der Waals surface area (Å²) in [4.78, 5) is 14.4. The van der Waals surface area contributed by atoms with E-state index in [0.29, 0.717) is 18.2 Å². The van der Waals surface area contributed by atoms with E-state index in [4.69, 9.17) is 5.73 Å². The molecule has 1 aromatic carbocycles. The Balaban J connectivity index is 1.79. The highest BCUT2D eigenvalue weighted by atomic mass is 16.1. The average molecular weight is 275 g/mol. The van der Waals surface area contributed by atoms with Gasteiger partial charge < -0.3 is 16.0 Å². The smallest absolute Gasteiger partial charge is 0.225 e. The molecule has 0 heterocycles. The Morgan fingerprint density at radius 2 is 2.15 bits per heavy atom. The minimum atomic E-state index is 0.0621. The number of hydrogen-bond donors (Lipinski definition) is 2. The van der Waals surface area contributed by atoms with Gasteiger partial charge in [-0.25, -0.2) is 0 Å². The van der Waals surface area contributed by atoms with Crippen LogP contribution in [0.15, 0.2) is 24.3 Å². The maximum absolute atomic E-state index is 12.0. The van der Waals surface area contributed by atoms with Crippen LogP contribution in [0, 0.1) is 0 Å². The molecule has 0 saturated heterocycles. The third-order valence-electron chi connectivity index (χ3n) is 4.04. The van der Waals surface area contributed by atoms with E-state index in [0.717, 1.165) is 18.8 Å². The summed E-state index contributed by atoms with van der Waals surface area (Å²) in [6.45, 7) is 4.04. The first kappa shape index (κ1) is 14.9. The number of hydrogen-bond acceptors (Lipinski definition) is 3. The van der Waals surface area contributed by atoms with Crippen molar-refractivity contribution < 1.29 is 4.79 Å². The average Bonchev–Trinajstić information content (AvgIpc) is 2.93. The van der Waals surface area contributed by atoms with E-state index >= 15 is 0 Å². The van der Waals surface area contributed by atoms with Crippen molar-refractivity contribution in [3.8, 4) is 0 Å². The highest BCUT2D eigenvalue weighted by Gasteiger charge is 2.21. The van der Waals surface area contributed by atoms with Crippen LogP contribution in [0.5, 0.6) is 0 Å². The van der Waals surface area contributed by atoms with Gasteiger partial charge >= 0.3 is 0 Å². The van der Waals surface area contributed by atoms with Crippen molar-refractivity contribution in [2.24, 2.45) is 0 Å². The summed E-state index contributed by atoms with van der Waals surface area (Å²) >= 11 is 0. The number of nitrogens with zero attached hydrogens (tertiary/aromatic N) is 1. The molecule has 110 valence electrons. The van der Waals surface area contributed by atoms with Crippen LogP contribution in [0.3, 0.4) is 0 Å². The lowest BCUT2D eigenvalue weighted by atomic mass is 10.2. The first-order chi connectivity index (χ1) is 9.69. The maximum atomic E-state index is 12.0. The number of nitrogen functional groups attached to an aromatic ring is 1. The molecular weight excluding hydrogens is 250 g/mol. The van der Waals surface area contributed by atoms with Crippen molar-refractivity contribution in [1.29, 1.82) is 0 Å². The number of carbonyl (C=O) groups excluding carboxylic acids is 1. The molecule has 4 nitrogen and oxygen atoms in total. The monoisotopic (exact) mass is 275 g/mol. The van der Waals surface area contributed by atoms with E-state index in [1.54, 1.807) is 6.07 Å². The first-order valence-corrected chi connectivity index (χ1v) is 7.58. The highest BCUT2D eigenvalue weighted by Crippen LogP contribution is 2.23. The fourth-order valence-corrected chi connectivity index (χ4v) is 2.95. The second kappa shape index (κ2) is 7.29. The van der Waals surface area contributed by atoms with Crippen LogP contribution in [0.1, 0.15) is 39.0 Å². The fraction of sp³-hybridized carbons (Fsp3) is 0.562. The molecule has 1 saturated carbocycles. The number of benzene rings is 1. The Morgan fingerprint density at radius 3 is 2.80 bits per heavy atom. The Labute approximate surface area is 121 Å². The molecule has 1 amide bonds. The van der Waals surface area contributed by atoms with Gasteiger partial charge in [0.1, 0.15) is 0 Å². The number of nitrogens with one attached hydrogen (secondary N) is 1. The molecule has 0 aliphatic heterocycles. The summed E-state index contributed by atoms with van der Waals surface area (Å²) < 4.78 is 0. The predicted octanol–water partition coefficient (Wildman–Crippen LogP) is 2.86. The third kappa shape index (κ3) is 4.23. The van der Waals surface area contributed by atoms with E-state index in [1.807, 2.05) is 18.2 Å². The van der Waals surface area contributed by atoms with Crippen LogP contribution >= 0.6 is 0 Å². The SMILES string of the molecule is CCN(CCC(=O)Nc1cccc(N)c1)C1CCCC1. The number of amides is 1. The van der Waals surface area contributed by atoms with Crippen molar-refractivity contribution in [2.45, 2.75) is 45.1 Å². The Morgan fingerprint density at radius 1 is 1.40 bits per heavy atom. The quantitative estimate of drug-likeness (QED) is 0.785. The summed E-state index contributed by atoms with van der Waals surface area (Å²) in [5.74, 6) is 0.0621. The molecule has 0 atom stereocenters. The number of nitrogens with two attached hydrogens (primary N) is 1. The van der Waals surface area contributed by atoms with Gasteiger partial charge in [0.25, 0.3) is 0 Å². The second-order valence-electron chi connectivity index (χ2n) is 5.49. The molecule has 1 aliphatic rings. The van der Waals surface area contributed by atoms with Crippen LogP contribution in [-0.2, 0) is 4.79 Å². The third-order valence-corrected chi connectivity index (χ3v) is 4.04. The van der Waals surface area contributed by atoms with E-state index in [9.17, 15) is 4.79 Å². The Kier molecular flexibility index (Phi) is 5.41. The van der Waals surface area contributed by atoms with E-state index < -0.39 is 0 Å². The normalized spacial score (nSPS) is 15.7. The van der Waals surface area contributed by atoms with Gasteiger partial charge in [0.05, 0.1) is 0 Å². The summed E-state index contributed by atoms with van der Waals surface area (Å²) in [7, 11) is 0. The van der Waals surface area contributed by atoms with Gasteiger partial charge in [-0.15, -0.1) is 0 Å². The van der Waals surface area contributed by atoms with E-state index in [-0.39, 0.29) is 5.91 Å². The van der Waals surface area contributed by atoms with E-state index in [1.165, 1.54) is 25.7 Å². The fourth-order valence-electron chi connectivity index (χ4n) is 2.95. The molecule has 4 heteroatoms. The molecule has 1 aliphatic carbocycles. The van der Waals surface area contributed by atoms with Crippen LogP contribution in [-0.4, -0.2) is 29.9 Å². The summed E-state index contributed by atoms with van der Waals surface area (Å²) in [5.41, 5.74) is 7.15. The Bertz CT molecular complexity index is 441. The van der Waals surface area contributed by atoms with Crippen molar-refractivity contribution in [1.82, 2.24) is 4.90 Å². The minimum Gasteiger partial charge on any atom is -0.399 e. The molecule has 2 rings (SSSR count). The largest absolute Gasteiger partial charge is 0.399 e. The van der Waals surface area contributed by atoms with Gasteiger partial charge in [-0.05, 0) is 37.6 Å². The number of carbonyl (C=O) groups is 1. The van der Waals surface area contributed by atoms with Crippen molar-refractivity contribution in [3.63, 3.8) is 0 Å². The lowest BCUT2D eigenvalue weighted by molar-refractivity contribution is -0.116. The van der Waals surface area contributed by atoms with Crippen molar-refractivity contribution in [3.05, 3.63) is 24.3 Å². The number of anilines is 2. The van der Waals surface area contributed by atoms with Gasteiger partial charge in [0.2, 0.25) is 5.91 Å². The van der Waals surface area contributed by atoms with Crippen molar-refractivity contribution in [2.75, 3.05) is 24.1 Å². The van der Waals surface area contributed by atoms with Crippen molar-refractivity contribution >= 4 is 17.3 Å². The molecule has 20 heavy (non-hydrogen) atoms. The van der Waals surface area contributed by atoms with Gasteiger partial charge in [-0.2, -0.15) is 0 Å². The molecule has 0 aromatic heterocycles. The van der Waals surface area contributed by atoms with Crippen LogP contribution in [0.25, 0.3) is 0 Å². The molecule has 0 unspecified atom stereocenters. The van der Waals surface area contributed by atoms with Crippen LogP contribution in [0.4, 0.5) is 11.4 Å². The first-order valence-electron chi connectivity index (χ1n) is 7.58. The molecular formula is C16H25N3O. The molecule has 3 N–H and O–H groups in total. The summed E-state index contributed by atoms with van der Waals surface area (Å²) in [6.07, 6.45) is 5.77. The van der Waals surface area contributed by atoms with E-state index in [2.05, 4.69) is 17.1 Å². The van der Waals surface area contributed by atoms with Gasteiger partial charge in [0, 0.05) is 30.4 Å².